The van der Waals surface area contributed by atoms with Gasteiger partial charge in [0.05, 0.1) is 11.2 Å². The normalized spacial score (nSPS) is 23.6. The monoisotopic (exact) mass is 280 g/mol. The highest BCUT2D eigenvalue weighted by Gasteiger charge is 2.52. The first kappa shape index (κ1) is 15.5. The van der Waals surface area contributed by atoms with E-state index in [-0.39, 0.29) is 18.3 Å². The lowest BCUT2D eigenvalue weighted by atomic mass is 9.82. The van der Waals surface area contributed by atoms with Crippen molar-refractivity contribution in [3.05, 3.63) is 12.4 Å². The zero-order valence-corrected chi connectivity index (χ0v) is 13.2. The zero-order valence-electron chi connectivity index (χ0n) is 13.2. The molecule has 0 atom stereocenters. The number of hydrogen-bond acceptors (Lipinski definition) is 4. The molecule has 2 saturated heterocycles. The Hall–Kier alpha value is -0.845. The molecule has 2 fully saturated rings. The molecule has 1 aromatic heterocycles. The van der Waals surface area contributed by atoms with Gasteiger partial charge in [0.1, 0.15) is 0 Å². The number of hydrogen-bond donors (Lipinski definition) is 0. The van der Waals surface area contributed by atoms with Crippen LogP contribution in [0.3, 0.4) is 0 Å². The van der Waals surface area contributed by atoms with Crippen molar-refractivity contribution >= 4 is 12.6 Å². The minimum Gasteiger partial charge on any atom is -0.399 e. The second kappa shape index (κ2) is 5.88. The Labute approximate surface area is 121 Å². The Kier molecular flexibility index (Phi) is 4.57. The molecular weight excluding hydrogens is 255 g/mol. The van der Waals surface area contributed by atoms with Gasteiger partial charge in [-0.1, -0.05) is 0 Å². The van der Waals surface area contributed by atoms with Crippen molar-refractivity contribution in [2.24, 2.45) is 7.05 Å². The average molecular weight is 280 g/mol. The molecule has 1 aromatic rings. The van der Waals surface area contributed by atoms with E-state index < -0.39 is 0 Å². The van der Waals surface area contributed by atoms with Crippen molar-refractivity contribution in [2.45, 2.75) is 51.7 Å². The summed E-state index contributed by atoms with van der Waals surface area (Å²) < 4.78 is 18.5. The maximum Gasteiger partial charge on any atom is 0.498 e. The van der Waals surface area contributed by atoms with Gasteiger partial charge in [0.2, 0.25) is 0 Å². The van der Waals surface area contributed by atoms with E-state index in [2.05, 4.69) is 5.10 Å². The zero-order chi connectivity index (χ0) is 14.8. The summed E-state index contributed by atoms with van der Waals surface area (Å²) in [5.74, 6) is 0. The van der Waals surface area contributed by atoms with Gasteiger partial charge >= 0.3 is 7.12 Å². The third kappa shape index (κ3) is 3.43. The van der Waals surface area contributed by atoms with Crippen LogP contribution >= 0.6 is 0 Å². The predicted octanol–water partition coefficient (Wildman–Crippen LogP) is 1.52. The van der Waals surface area contributed by atoms with Gasteiger partial charge in [-0.15, -0.1) is 0 Å². The van der Waals surface area contributed by atoms with Crippen LogP contribution < -0.4 is 5.46 Å². The maximum atomic E-state index is 5.89. The summed E-state index contributed by atoms with van der Waals surface area (Å²) in [6.07, 6.45) is 6.25. The first-order chi connectivity index (χ1) is 9.32. The van der Waals surface area contributed by atoms with Crippen LogP contribution in [0.2, 0.25) is 0 Å². The van der Waals surface area contributed by atoms with Crippen LogP contribution in [0.4, 0.5) is 0 Å². The number of ether oxygens (including phenoxy) is 1. The maximum absolute atomic E-state index is 5.89. The molecule has 0 unspecified atom stereocenters. The molecule has 2 aliphatic rings. The van der Waals surface area contributed by atoms with Crippen molar-refractivity contribution < 1.29 is 14.0 Å². The Bertz CT molecular complexity index is 418. The molecule has 6 heteroatoms. The van der Waals surface area contributed by atoms with Crippen LogP contribution in [0.5, 0.6) is 0 Å². The number of aromatic nitrogens is 2. The number of rotatable bonds is 1. The van der Waals surface area contributed by atoms with Crippen LogP contribution in [-0.2, 0) is 21.1 Å². The fraction of sp³-hybridized carbons (Fsp3) is 0.786. The lowest BCUT2D eigenvalue weighted by Crippen LogP contribution is -2.41. The molecule has 112 valence electrons. The van der Waals surface area contributed by atoms with Crippen molar-refractivity contribution in [2.75, 3.05) is 13.2 Å². The molecule has 20 heavy (non-hydrogen) atoms. The molecule has 3 rings (SSSR count). The Morgan fingerprint density at radius 3 is 2.00 bits per heavy atom. The van der Waals surface area contributed by atoms with Gasteiger partial charge in [-0.2, -0.15) is 5.10 Å². The molecule has 3 heterocycles. The molecule has 2 aliphatic heterocycles. The van der Waals surface area contributed by atoms with Crippen molar-refractivity contribution in [3.63, 3.8) is 0 Å². The second-order valence-corrected chi connectivity index (χ2v) is 6.36. The largest absolute Gasteiger partial charge is 0.498 e. The van der Waals surface area contributed by atoms with Gasteiger partial charge in [-0.3, -0.25) is 4.68 Å². The fourth-order valence-electron chi connectivity index (χ4n) is 2.05. The summed E-state index contributed by atoms with van der Waals surface area (Å²) in [5.41, 5.74) is 0.400. The molecule has 0 radical (unpaired) electrons. The molecule has 0 bridgehead atoms. The van der Waals surface area contributed by atoms with Gasteiger partial charge < -0.3 is 14.0 Å². The smallest absolute Gasteiger partial charge is 0.399 e. The van der Waals surface area contributed by atoms with E-state index in [4.69, 9.17) is 14.0 Å². The first-order valence-electron chi connectivity index (χ1n) is 7.24. The summed E-state index contributed by atoms with van der Waals surface area (Å²) in [4.78, 5) is 0. The summed E-state index contributed by atoms with van der Waals surface area (Å²) >= 11 is 0. The summed E-state index contributed by atoms with van der Waals surface area (Å²) in [5, 5.41) is 4.11. The van der Waals surface area contributed by atoms with E-state index in [1.807, 2.05) is 40.9 Å². The van der Waals surface area contributed by atoms with Crippen molar-refractivity contribution in [1.82, 2.24) is 9.78 Å². The average Bonchev–Trinajstić information content (AvgIpc) is 3.02. The quantitative estimate of drug-likeness (QED) is 0.732. The van der Waals surface area contributed by atoms with Crippen LogP contribution in [0.1, 0.15) is 40.5 Å². The van der Waals surface area contributed by atoms with Gasteiger partial charge in [0.25, 0.3) is 0 Å². The SMILES string of the molecule is C1CCOC1.Cn1cc(B2OC(C)(C)C(C)(C)O2)cn1. The van der Waals surface area contributed by atoms with Crippen LogP contribution in [0, 0.1) is 0 Å². The van der Waals surface area contributed by atoms with Crippen molar-refractivity contribution in [3.8, 4) is 0 Å². The van der Waals surface area contributed by atoms with Crippen LogP contribution in [0.25, 0.3) is 0 Å². The molecule has 0 aliphatic carbocycles. The minimum atomic E-state index is -0.302. The standard InChI is InChI=1S/C10H17BN2O2.C4H8O/c1-9(2)10(3,4)15-11(14-9)8-6-12-13(5)7-8;1-2-4-5-3-1/h6-7H,1-5H3;1-4H2. The lowest BCUT2D eigenvalue weighted by Gasteiger charge is -2.32. The molecule has 0 N–H and O–H groups in total. The number of nitrogens with zero attached hydrogens (tertiary/aromatic N) is 2. The van der Waals surface area contributed by atoms with Crippen molar-refractivity contribution in [1.29, 1.82) is 0 Å². The highest BCUT2D eigenvalue weighted by atomic mass is 16.7. The molecule has 0 amide bonds. The van der Waals surface area contributed by atoms with Crippen LogP contribution in [0.15, 0.2) is 12.4 Å². The van der Waals surface area contributed by atoms with Gasteiger partial charge in [0, 0.05) is 38.1 Å². The van der Waals surface area contributed by atoms with E-state index in [0.717, 1.165) is 18.7 Å². The van der Waals surface area contributed by atoms with Gasteiger partial charge in [-0.25, -0.2) is 0 Å². The Morgan fingerprint density at radius 1 is 1.10 bits per heavy atom. The fourth-order valence-corrected chi connectivity index (χ4v) is 2.05. The third-order valence-corrected chi connectivity index (χ3v) is 4.08. The summed E-state index contributed by atoms with van der Waals surface area (Å²) in [6, 6.07) is 0. The van der Waals surface area contributed by atoms with E-state index in [0.29, 0.717) is 0 Å². The molecule has 0 aromatic carbocycles. The predicted molar refractivity (Wildman–Crippen MR) is 79.0 cm³/mol. The molecule has 0 saturated carbocycles. The van der Waals surface area contributed by atoms with Gasteiger partial charge in [0.15, 0.2) is 0 Å². The highest BCUT2D eigenvalue weighted by Crippen LogP contribution is 2.36. The third-order valence-electron chi connectivity index (χ3n) is 4.08. The summed E-state index contributed by atoms with van der Waals surface area (Å²) in [7, 11) is 1.58. The van der Waals surface area contributed by atoms with Gasteiger partial charge in [-0.05, 0) is 40.5 Å². The van der Waals surface area contributed by atoms with E-state index in [1.165, 1.54) is 12.8 Å². The first-order valence-corrected chi connectivity index (χ1v) is 7.24. The minimum absolute atomic E-state index is 0.284. The number of aryl methyl sites for hydroxylation is 1. The molecular formula is C14H25BN2O3. The van der Waals surface area contributed by atoms with Crippen LogP contribution in [-0.4, -0.2) is 41.3 Å². The van der Waals surface area contributed by atoms with E-state index >= 15 is 0 Å². The summed E-state index contributed by atoms with van der Waals surface area (Å²) in [6.45, 7) is 10.2. The second-order valence-electron chi connectivity index (χ2n) is 6.36. The van der Waals surface area contributed by atoms with E-state index in [9.17, 15) is 0 Å². The lowest BCUT2D eigenvalue weighted by molar-refractivity contribution is 0.00578. The highest BCUT2D eigenvalue weighted by molar-refractivity contribution is 6.61. The Balaban J connectivity index is 0.000000247. The van der Waals surface area contributed by atoms with E-state index in [1.54, 1.807) is 10.9 Å². The molecule has 5 nitrogen and oxygen atoms in total. The molecule has 0 spiro atoms. The Morgan fingerprint density at radius 2 is 1.65 bits per heavy atom. The topological polar surface area (TPSA) is 45.5 Å².